The van der Waals surface area contributed by atoms with Gasteiger partial charge in [-0.15, -0.1) is 0 Å². The van der Waals surface area contributed by atoms with Crippen molar-refractivity contribution in [2.45, 2.75) is 30.2 Å². The highest BCUT2D eigenvalue weighted by atomic mass is 32.2. The van der Waals surface area contributed by atoms with Crippen LogP contribution in [0.5, 0.6) is 0 Å². The number of sulfone groups is 1. The monoisotopic (exact) mass is 496 g/mol. The normalized spacial score (nSPS) is 17.9. The van der Waals surface area contributed by atoms with Crippen LogP contribution < -0.4 is 10.0 Å². The fourth-order valence-corrected chi connectivity index (χ4v) is 6.89. The minimum Gasteiger partial charge on any atom is -0.339 e. The fraction of sp³-hybridized carbons (Fsp3) is 0.316. The van der Waals surface area contributed by atoms with E-state index in [0.717, 1.165) is 5.56 Å². The van der Waals surface area contributed by atoms with Crippen LogP contribution in [0.4, 0.5) is 5.69 Å². The van der Waals surface area contributed by atoms with Crippen molar-refractivity contribution in [3.05, 3.63) is 47.0 Å². The highest BCUT2D eigenvalue weighted by Crippen LogP contribution is 2.20. The third kappa shape index (κ3) is 5.59. The van der Waals surface area contributed by atoms with Gasteiger partial charge in [-0.2, -0.15) is 16.3 Å². The summed E-state index contributed by atoms with van der Waals surface area (Å²) in [5.41, 5.74) is 1.29. The van der Waals surface area contributed by atoms with Gasteiger partial charge in [-0.3, -0.25) is 4.79 Å². The molecule has 3 heterocycles. The molecule has 10 nitrogen and oxygen atoms in total. The molecule has 4 rings (SSSR count). The van der Waals surface area contributed by atoms with Gasteiger partial charge in [0.2, 0.25) is 27.6 Å². The maximum Gasteiger partial charge on any atom is 0.240 e. The number of aryl methyl sites for hydroxylation is 1. The molecule has 1 aliphatic heterocycles. The largest absolute Gasteiger partial charge is 0.339 e. The smallest absolute Gasteiger partial charge is 0.240 e. The minimum absolute atomic E-state index is 0.00776. The van der Waals surface area contributed by atoms with Gasteiger partial charge in [-0.1, -0.05) is 5.16 Å². The van der Waals surface area contributed by atoms with E-state index in [4.69, 9.17) is 4.52 Å². The van der Waals surface area contributed by atoms with E-state index in [9.17, 15) is 21.6 Å². The lowest BCUT2D eigenvalue weighted by molar-refractivity contribution is -0.116. The summed E-state index contributed by atoms with van der Waals surface area (Å²) >= 11 is 1.52. The number of nitrogens with one attached hydrogen (secondary N) is 2. The maximum atomic E-state index is 12.5. The third-order valence-corrected chi connectivity index (χ3v) is 8.80. The molecule has 2 N–H and O–H groups in total. The molecule has 0 spiro atoms. The van der Waals surface area contributed by atoms with Crippen molar-refractivity contribution in [2.24, 2.45) is 0 Å². The fourth-order valence-electron chi connectivity index (χ4n) is 3.20. The Kier molecular flexibility index (Phi) is 6.42. The van der Waals surface area contributed by atoms with Crippen molar-refractivity contribution < 1.29 is 26.2 Å². The summed E-state index contributed by atoms with van der Waals surface area (Å²) in [6, 6.07) is 6.90. The van der Waals surface area contributed by atoms with E-state index >= 15 is 0 Å². The van der Waals surface area contributed by atoms with Crippen molar-refractivity contribution in [3.8, 4) is 11.4 Å². The number of anilines is 1. The molecule has 1 aromatic carbocycles. The number of sulfonamides is 1. The predicted octanol–water partition coefficient (Wildman–Crippen LogP) is 1.83. The van der Waals surface area contributed by atoms with Crippen LogP contribution in [-0.2, 0) is 31.1 Å². The average Bonchev–Trinajstić information content (AvgIpc) is 3.47. The predicted molar refractivity (Wildman–Crippen MR) is 118 cm³/mol. The molecule has 0 radical (unpaired) electrons. The van der Waals surface area contributed by atoms with Crippen LogP contribution in [0, 0.1) is 0 Å². The summed E-state index contributed by atoms with van der Waals surface area (Å²) < 4.78 is 55.6. The summed E-state index contributed by atoms with van der Waals surface area (Å²) in [5.74, 6) is 0.314. The zero-order valence-corrected chi connectivity index (χ0v) is 19.2. The van der Waals surface area contributed by atoms with E-state index in [0.29, 0.717) is 17.4 Å². The minimum atomic E-state index is -3.86. The number of hydrogen-bond acceptors (Lipinski definition) is 9. The lowest BCUT2D eigenvalue weighted by Crippen LogP contribution is -2.35. The van der Waals surface area contributed by atoms with Gasteiger partial charge in [-0.25, -0.2) is 21.6 Å². The van der Waals surface area contributed by atoms with Gasteiger partial charge in [0.05, 0.1) is 16.4 Å². The molecule has 1 saturated heterocycles. The molecule has 0 saturated carbocycles. The van der Waals surface area contributed by atoms with E-state index < -0.39 is 25.9 Å². The molecule has 13 heteroatoms. The Morgan fingerprint density at radius 2 is 2.00 bits per heavy atom. The standard InChI is InChI=1S/C19H20N4O6S3/c24-17(5-6-18-21-19(22-29-18)13-7-9-30-11-13)20-14-1-3-16(4-2-14)32(27,28)23-15-8-10-31(25,26)12-15/h1-4,7,9,11,15,23H,5-6,8,10,12H2,(H,20,24)/t15-/m1/s1. The van der Waals surface area contributed by atoms with Gasteiger partial charge in [0, 0.05) is 35.5 Å². The molecule has 0 unspecified atom stereocenters. The second-order valence-corrected chi connectivity index (χ2v) is 12.0. The van der Waals surface area contributed by atoms with Gasteiger partial charge in [-0.05, 0) is 42.1 Å². The van der Waals surface area contributed by atoms with Gasteiger partial charge in [0.1, 0.15) is 0 Å². The summed E-state index contributed by atoms with van der Waals surface area (Å²) in [7, 11) is -7.05. The Hall–Kier alpha value is -2.61. The first kappa shape index (κ1) is 22.6. The number of hydrogen-bond donors (Lipinski definition) is 2. The van der Waals surface area contributed by atoms with Crippen molar-refractivity contribution in [2.75, 3.05) is 16.8 Å². The highest BCUT2D eigenvalue weighted by molar-refractivity contribution is 7.92. The Morgan fingerprint density at radius 3 is 2.66 bits per heavy atom. The lowest BCUT2D eigenvalue weighted by atomic mass is 10.2. The van der Waals surface area contributed by atoms with Crippen LogP contribution in [-0.4, -0.2) is 50.4 Å². The number of carbonyl (C=O) groups is 1. The molecule has 1 amide bonds. The molecule has 170 valence electrons. The van der Waals surface area contributed by atoms with E-state index in [1.807, 2.05) is 16.8 Å². The number of benzene rings is 1. The Labute approximate surface area is 189 Å². The number of carbonyl (C=O) groups excluding carboxylic acids is 1. The van der Waals surface area contributed by atoms with Gasteiger partial charge in [0.15, 0.2) is 9.84 Å². The molecule has 1 fully saturated rings. The first-order valence-corrected chi connectivity index (χ1v) is 13.9. The Morgan fingerprint density at radius 1 is 1.22 bits per heavy atom. The summed E-state index contributed by atoms with van der Waals surface area (Å²) in [5, 5.41) is 10.4. The van der Waals surface area contributed by atoms with Crippen molar-refractivity contribution in [1.29, 1.82) is 0 Å². The zero-order valence-electron chi connectivity index (χ0n) is 16.7. The van der Waals surface area contributed by atoms with Crippen LogP contribution >= 0.6 is 11.3 Å². The van der Waals surface area contributed by atoms with Crippen LogP contribution in [0.25, 0.3) is 11.4 Å². The Bertz CT molecular complexity index is 1300. The average molecular weight is 497 g/mol. The summed E-state index contributed by atoms with van der Waals surface area (Å²) in [4.78, 5) is 16.5. The molecule has 1 aliphatic rings. The SMILES string of the molecule is O=C(CCc1nc(-c2ccsc2)no1)Nc1ccc(S(=O)(=O)N[C@@H]2CCS(=O)(=O)C2)cc1. The Balaban J connectivity index is 1.30. The van der Waals surface area contributed by atoms with Crippen molar-refractivity contribution in [1.82, 2.24) is 14.9 Å². The first-order valence-electron chi connectivity index (χ1n) is 9.68. The van der Waals surface area contributed by atoms with Crippen LogP contribution in [0.2, 0.25) is 0 Å². The maximum absolute atomic E-state index is 12.5. The van der Waals surface area contributed by atoms with Crippen molar-refractivity contribution in [3.63, 3.8) is 0 Å². The molecule has 0 bridgehead atoms. The van der Waals surface area contributed by atoms with Gasteiger partial charge in [0.25, 0.3) is 0 Å². The number of amides is 1. The molecule has 0 aliphatic carbocycles. The van der Waals surface area contributed by atoms with E-state index in [1.54, 1.807) is 0 Å². The van der Waals surface area contributed by atoms with Crippen LogP contribution in [0.15, 0.2) is 50.5 Å². The topological polar surface area (TPSA) is 148 Å². The molecular formula is C19H20N4O6S3. The van der Waals surface area contributed by atoms with E-state index in [-0.39, 0.29) is 41.6 Å². The second-order valence-electron chi connectivity index (χ2n) is 7.32. The van der Waals surface area contributed by atoms with Crippen LogP contribution in [0.1, 0.15) is 18.7 Å². The molecular weight excluding hydrogens is 476 g/mol. The van der Waals surface area contributed by atoms with E-state index in [2.05, 4.69) is 20.2 Å². The lowest BCUT2D eigenvalue weighted by Gasteiger charge is -2.12. The van der Waals surface area contributed by atoms with Gasteiger partial charge < -0.3 is 9.84 Å². The van der Waals surface area contributed by atoms with Gasteiger partial charge >= 0.3 is 0 Å². The number of nitrogens with zero attached hydrogens (tertiary/aromatic N) is 2. The van der Waals surface area contributed by atoms with Crippen LogP contribution in [0.3, 0.4) is 0 Å². The second kappa shape index (κ2) is 9.10. The summed E-state index contributed by atoms with van der Waals surface area (Å²) in [6.45, 7) is 0. The number of thiophene rings is 1. The third-order valence-electron chi connectivity index (χ3n) is 4.82. The van der Waals surface area contributed by atoms with Crippen molar-refractivity contribution >= 4 is 42.8 Å². The zero-order chi connectivity index (χ0) is 22.8. The molecule has 32 heavy (non-hydrogen) atoms. The summed E-state index contributed by atoms with van der Waals surface area (Å²) in [6.07, 6.45) is 0.636. The molecule has 3 aromatic rings. The highest BCUT2D eigenvalue weighted by Gasteiger charge is 2.31. The van der Waals surface area contributed by atoms with E-state index in [1.165, 1.54) is 35.6 Å². The number of aromatic nitrogens is 2. The number of rotatable bonds is 8. The first-order chi connectivity index (χ1) is 15.2. The quantitative estimate of drug-likeness (QED) is 0.480. The molecule has 2 aromatic heterocycles. The molecule has 1 atom stereocenters.